The van der Waals surface area contributed by atoms with Crippen molar-refractivity contribution in [3.05, 3.63) is 30.4 Å². The molecule has 2 nitrogen and oxygen atoms in total. The summed E-state index contributed by atoms with van der Waals surface area (Å²) in [4.78, 5) is 7.54. The Morgan fingerprint density at radius 3 is 2.42 bits per heavy atom. The quantitative estimate of drug-likeness (QED) is 0.730. The molecule has 0 aliphatic rings. The highest BCUT2D eigenvalue weighted by Gasteiger charge is 2.06. The summed E-state index contributed by atoms with van der Waals surface area (Å²) in [6.07, 6.45) is 3.50. The highest BCUT2D eigenvalue weighted by Crippen LogP contribution is 2.15. The van der Waals surface area contributed by atoms with Gasteiger partial charge in [-0.3, -0.25) is 0 Å². The van der Waals surface area contributed by atoms with Crippen molar-refractivity contribution in [3.63, 3.8) is 0 Å². The lowest BCUT2D eigenvalue weighted by molar-refractivity contribution is 0.793. The Hall–Kier alpha value is -1.31. The molecule has 1 heterocycles. The summed E-state index contributed by atoms with van der Waals surface area (Å²) < 4.78 is 0. The van der Waals surface area contributed by atoms with Gasteiger partial charge in [0, 0.05) is 7.34 Å². The van der Waals surface area contributed by atoms with Crippen LogP contribution in [0.25, 0.3) is 12.2 Å². The molecule has 0 aromatic carbocycles. The number of H-pyrrole nitrogens is 1. The average molecular weight is 164 g/mol. The summed E-state index contributed by atoms with van der Waals surface area (Å²) in [5.41, 5.74) is 1.84. The molecular formula is C10H16N2. The van der Waals surface area contributed by atoms with Gasteiger partial charge in [-0.15, -0.1) is 0 Å². The molecule has 0 fully saturated rings. The molecule has 0 amide bonds. The van der Waals surface area contributed by atoms with Gasteiger partial charge in [0.05, 0.1) is 11.4 Å². The van der Waals surface area contributed by atoms with Crippen LogP contribution in [0, 0.1) is 0 Å². The first-order chi connectivity index (χ1) is 5.69. The van der Waals surface area contributed by atoms with Gasteiger partial charge in [0.2, 0.25) is 0 Å². The molecule has 66 valence electrons. The molecule has 0 aliphatic carbocycles. The molecule has 0 aliphatic heterocycles. The summed E-state index contributed by atoms with van der Waals surface area (Å²) in [6, 6.07) is 0. The van der Waals surface area contributed by atoms with Crippen molar-refractivity contribution in [2.24, 2.45) is 0 Å². The number of rotatable bonds is 3. The van der Waals surface area contributed by atoms with Crippen LogP contribution in [0.1, 0.15) is 38.4 Å². The van der Waals surface area contributed by atoms with Crippen LogP contribution < -0.4 is 0 Å². The predicted molar refractivity (Wildman–Crippen MR) is 55.0 cm³/mol. The molecule has 1 rings (SSSR count). The van der Waals surface area contributed by atoms with Crippen molar-refractivity contribution in [3.8, 4) is 0 Å². The lowest BCUT2D eigenvalue weighted by atomic mass is 10.2. The third kappa shape index (κ3) is 1.47. The molecule has 1 aromatic heterocycles. The number of nitrogens with one attached hydrogen (secondary N) is 1. The highest BCUT2D eigenvalue weighted by molar-refractivity contribution is 5.57. The SMILES string of the molecule is C=Cc1nc(C(C)C)[nH]c1C=C.[HH]. The maximum atomic E-state index is 4.35. The van der Waals surface area contributed by atoms with Gasteiger partial charge in [-0.1, -0.05) is 27.0 Å². The van der Waals surface area contributed by atoms with E-state index in [9.17, 15) is 0 Å². The van der Waals surface area contributed by atoms with Crippen LogP contribution in [-0.2, 0) is 0 Å². The van der Waals surface area contributed by atoms with Crippen LogP contribution in [0.5, 0.6) is 0 Å². The summed E-state index contributed by atoms with van der Waals surface area (Å²) in [5, 5.41) is 0. The van der Waals surface area contributed by atoms with Crippen molar-refractivity contribution >= 4 is 12.2 Å². The van der Waals surface area contributed by atoms with Gasteiger partial charge in [0.15, 0.2) is 0 Å². The number of aromatic amines is 1. The van der Waals surface area contributed by atoms with Crippen LogP contribution in [0.4, 0.5) is 0 Å². The van der Waals surface area contributed by atoms with E-state index in [4.69, 9.17) is 0 Å². The molecule has 0 saturated heterocycles. The van der Waals surface area contributed by atoms with Crippen molar-refractivity contribution in [1.29, 1.82) is 0 Å². The topological polar surface area (TPSA) is 28.7 Å². The van der Waals surface area contributed by atoms with Gasteiger partial charge in [-0.25, -0.2) is 4.98 Å². The summed E-state index contributed by atoms with van der Waals surface area (Å²) in [7, 11) is 0. The number of imidazole rings is 1. The molecule has 1 N–H and O–H groups in total. The Balaban J connectivity index is 0.00000144. The van der Waals surface area contributed by atoms with Crippen molar-refractivity contribution in [2.75, 3.05) is 0 Å². The Kier molecular flexibility index (Phi) is 2.48. The Labute approximate surface area is 74.5 Å². The zero-order valence-corrected chi connectivity index (χ0v) is 7.59. The van der Waals surface area contributed by atoms with Gasteiger partial charge >= 0.3 is 0 Å². The minimum absolute atomic E-state index is 0. The first-order valence-electron chi connectivity index (χ1n) is 4.03. The number of nitrogens with zero attached hydrogens (tertiary/aromatic N) is 1. The highest BCUT2D eigenvalue weighted by atomic mass is 14.9. The van der Waals surface area contributed by atoms with Crippen molar-refractivity contribution in [2.45, 2.75) is 19.8 Å². The molecule has 1 aromatic rings. The normalized spacial score (nSPS) is 10.2. The fraction of sp³-hybridized carbons (Fsp3) is 0.300. The standard InChI is InChI=1S/C10H14N2.H2/c1-5-8-9(6-2)12-10(11-8)7(3)4;/h5-7H,1-2H2,3-4H3,(H,11,12);1H. The third-order valence-electron chi connectivity index (χ3n) is 1.72. The fourth-order valence-electron chi connectivity index (χ4n) is 1.00. The number of hydrogen-bond donors (Lipinski definition) is 1. The number of aromatic nitrogens is 2. The van der Waals surface area contributed by atoms with E-state index in [1.807, 2.05) is 0 Å². The van der Waals surface area contributed by atoms with E-state index < -0.39 is 0 Å². The summed E-state index contributed by atoms with van der Waals surface area (Å²) >= 11 is 0. The molecule has 2 heteroatoms. The predicted octanol–water partition coefficient (Wildman–Crippen LogP) is 3.07. The third-order valence-corrected chi connectivity index (χ3v) is 1.72. The first kappa shape index (κ1) is 8.78. The molecule has 0 unspecified atom stereocenters. The molecule has 0 spiro atoms. The Morgan fingerprint density at radius 2 is 2.08 bits per heavy atom. The van der Waals surface area contributed by atoms with Crippen molar-refractivity contribution < 1.29 is 1.43 Å². The minimum Gasteiger partial charge on any atom is -0.342 e. The Morgan fingerprint density at radius 1 is 1.42 bits per heavy atom. The second-order valence-corrected chi connectivity index (χ2v) is 2.98. The second kappa shape index (κ2) is 3.39. The average Bonchev–Trinajstić information content (AvgIpc) is 2.46. The lowest BCUT2D eigenvalue weighted by Crippen LogP contribution is -1.89. The van der Waals surface area contributed by atoms with Gasteiger partial charge < -0.3 is 4.98 Å². The summed E-state index contributed by atoms with van der Waals surface area (Å²) in [6.45, 7) is 11.6. The van der Waals surface area contributed by atoms with Crippen LogP contribution >= 0.6 is 0 Å². The molecule has 0 bridgehead atoms. The molecular weight excluding hydrogens is 148 g/mol. The molecule has 0 radical (unpaired) electrons. The molecule has 12 heavy (non-hydrogen) atoms. The van der Waals surface area contributed by atoms with Gasteiger partial charge in [0.25, 0.3) is 0 Å². The zero-order chi connectivity index (χ0) is 9.14. The largest absolute Gasteiger partial charge is 0.342 e. The van der Waals surface area contributed by atoms with Crippen LogP contribution in [-0.4, -0.2) is 9.97 Å². The van der Waals surface area contributed by atoms with E-state index in [0.29, 0.717) is 5.92 Å². The smallest absolute Gasteiger partial charge is 0.109 e. The molecule has 0 atom stereocenters. The van der Waals surface area contributed by atoms with Crippen molar-refractivity contribution in [1.82, 2.24) is 9.97 Å². The lowest BCUT2D eigenvalue weighted by Gasteiger charge is -1.96. The van der Waals surface area contributed by atoms with Crippen LogP contribution in [0.2, 0.25) is 0 Å². The second-order valence-electron chi connectivity index (χ2n) is 2.98. The van der Waals surface area contributed by atoms with E-state index in [1.54, 1.807) is 12.2 Å². The summed E-state index contributed by atoms with van der Waals surface area (Å²) in [5.74, 6) is 1.40. The first-order valence-corrected chi connectivity index (χ1v) is 4.03. The van der Waals surface area contributed by atoms with Gasteiger partial charge in [-0.2, -0.15) is 0 Å². The van der Waals surface area contributed by atoms with E-state index in [1.165, 1.54) is 0 Å². The zero-order valence-electron chi connectivity index (χ0n) is 7.59. The van der Waals surface area contributed by atoms with E-state index in [2.05, 4.69) is 37.0 Å². The van der Waals surface area contributed by atoms with Crippen LogP contribution in [0.15, 0.2) is 13.2 Å². The van der Waals surface area contributed by atoms with Gasteiger partial charge in [-0.05, 0) is 12.2 Å². The van der Waals surface area contributed by atoms with Gasteiger partial charge in [0.1, 0.15) is 5.82 Å². The maximum absolute atomic E-state index is 4.35. The fourth-order valence-corrected chi connectivity index (χ4v) is 1.00. The monoisotopic (exact) mass is 164 g/mol. The number of hydrogen-bond acceptors (Lipinski definition) is 1. The maximum Gasteiger partial charge on any atom is 0.109 e. The molecule has 0 saturated carbocycles. The van der Waals surface area contributed by atoms with E-state index in [-0.39, 0.29) is 1.43 Å². The van der Waals surface area contributed by atoms with E-state index in [0.717, 1.165) is 17.2 Å². The van der Waals surface area contributed by atoms with E-state index >= 15 is 0 Å². The Bertz CT molecular complexity index is 274. The minimum atomic E-state index is 0. The van der Waals surface area contributed by atoms with Crippen LogP contribution in [0.3, 0.4) is 0 Å².